The Kier molecular flexibility index (Phi) is 4.12. The van der Waals surface area contributed by atoms with Gasteiger partial charge >= 0.3 is 0 Å². The number of aromatic nitrogens is 2. The molecule has 1 aromatic heterocycles. The fourth-order valence-corrected chi connectivity index (χ4v) is 0.701. The molecule has 0 amide bonds. The molecule has 1 aromatic rings. The van der Waals surface area contributed by atoms with E-state index in [0.717, 1.165) is 0 Å². The summed E-state index contributed by atoms with van der Waals surface area (Å²) in [5.74, 6) is 2.55. The molecule has 0 radical (unpaired) electrons. The zero-order chi connectivity index (χ0) is 6.69. The molecule has 3 heteroatoms. The van der Waals surface area contributed by atoms with Gasteiger partial charge in [0.2, 0.25) is 6.33 Å². The second kappa shape index (κ2) is 4.34. The van der Waals surface area contributed by atoms with E-state index in [2.05, 4.69) is 5.92 Å². The van der Waals surface area contributed by atoms with Gasteiger partial charge in [0.25, 0.3) is 0 Å². The Bertz CT molecular complexity index is 234. The standard InChI is InChI=1S/C7H9N2.HI/c1-3-4-9-6-5-8(2)7-9;/h1,5-7H,4H2,2H3;1H/q+1;. The minimum absolute atomic E-state index is 0. The van der Waals surface area contributed by atoms with Crippen molar-refractivity contribution in [1.82, 2.24) is 4.57 Å². The molecular weight excluding hydrogens is 239 g/mol. The molecular formula is C7H10IN2+. The number of rotatable bonds is 1. The van der Waals surface area contributed by atoms with Gasteiger partial charge in [-0.05, 0) is 0 Å². The van der Waals surface area contributed by atoms with Crippen molar-refractivity contribution in [3.63, 3.8) is 0 Å². The van der Waals surface area contributed by atoms with Crippen LogP contribution in [0.3, 0.4) is 0 Å². The summed E-state index contributed by atoms with van der Waals surface area (Å²) in [4.78, 5) is 0. The quantitative estimate of drug-likeness (QED) is 0.391. The van der Waals surface area contributed by atoms with E-state index >= 15 is 0 Å². The number of hydrogen-bond acceptors (Lipinski definition) is 0. The monoisotopic (exact) mass is 249 g/mol. The lowest BCUT2D eigenvalue weighted by molar-refractivity contribution is -0.671. The normalized spacial score (nSPS) is 8.00. The predicted octanol–water partition coefficient (Wildman–Crippen LogP) is 0.564. The van der Waals surface area contributed by atoms with E-state index in [1.54, 1.807) is 0 Å². The molecule has 0 N–H and O–H groups in total. The lowest BCUT2D eigenvalue weighted by Gasteiger charge is -1.81. The smallest absolute Gasteiger partial charge is 0.240 e. The predicted molar refractivity (Wildman–Crippen MR) is 49.9 cm³/mol. The van der Waals surface area contributed by atoms with Crippen LogP contribution < -0.4 is 4.57 Å². The third-order valence-corrected chi connectivity index (χ3v) is 1.10. The summed E-state index contributed by atoms with van der Waals surface area (Å²) in [6.07, 6.45) is 10.9. The van der Waals surface area contributed by atoms with Gasteiger partial charge in [-0.15, -0.1) is 30.4 Å². The molecule has 2 nitrogen and oxygen atoms in total. The second-order valence-electron chi connectivity index (χ2n) is 1.96. The van der Waals surface area contributed by atoms with E-state index in [9.17, 15) is 0 Å². The summed E-state index contributed by atoms with van der Waals surface area (Å²) >= 11 is 0. The van der Waals surface area contributed by atoms with Gasteiger partial charge in [0.1, 0.15) is 12.4 Å². The van der Waals surface area contributed by atoms with Crippen LogP contribution in [-0.4, -0.2) is 4.57 Å². The molecule has 0 aliphatic carbocycles. The summed E-state index contributed by atoms with van der Waals surface area (Å²) in [7, 11) is 1.97. The minimum Gasteiger partial charge on any atom is -0.240 e. The van der Waals surface area contributed by atoms with Crippen LogP contribution in [0.1, 0.15) is 0 Å². The summed E-state index contributed by atoms with van der Waals surface area (Å²) in [6, 6.07) is 0. The van der Waals surface area contributed by atoms with Gasteiger partial charge in [0.15, 0.2) is 6.54 Å². The van der Waals surface area contributed by atoms with E-state index in [-0.39, 0.29) is 24.0 Å². The summed E-state index contributed by atoms with van der Waals surface area (Å²) in [5.41, 5.74) is 0. The van der Waals surface area contributed by atoms with Crippen LogP contribution in [-0.2, 0) is 13.6 Å². The van der Waals surface area contributed by atoms with E-state index < -0.39 is 0 Å². The first-order chi connectivity index (χ1) is 4.33. The van der Waals surface area contributed by atoms with E-state index in [1.807, 2.05) is 34.9 Å². The zero-order valence-electron chi connectivity index (χ0n) is 5.82. The van der Waals surface area contributed by atoms with Crippen molar-refractivity contribution >= 4 is 24.0 Å². The number of terminal acetylenes is 1. The first-order valence-corrected chi connectivity index (χ1v) is 2.77. The average molecular weight is 249 g/mol. The highest BCUT2D eigenvalue weighted by Gasteiger charge is 1.93. The molecule has 0 aromatic carbocycles. The third kappa shape index (κ3) is 2.40. The molecule has 0 saturated heterocycles. The maximum atomic E-state index is 5.09. The van der Waals surface area contributed by atoms with Crippen molar-refractivity contribution in [2.24, 2.45) is 7.05 Å². The highest BCUT2D eigenvalue weighted by molar-refractivity contribution is 14.0. The largest absolute Gasteiger partial charge is 0.244 e. The number of imidazole rings is 1. The fraction of sp³-hybridized carbons (Fsp3) is 0.286. The molecule has 0 saturated carbocycles. The first kappa shape index (κ1) is 9.50. The Balaban J connectivity index is 0.000000810. The molecule has 10 heavy (non-hydrogen) atoms. The van der Waals surface area contributed by atoms with Crippen LogP contribution in [0.2, 0.25) is 0 Å². The van der Waals surface area contributed by atoms with Gasteiger partial charge in [-0.1, -0.05) is 5.92 Å². The van der Waals surface area contributed by atoms with Crippen LogP contribution in [0.5, 0.6) is 0 Å². The highest BCUT2D eigenvalue weighted by Crippen LogP contribution is 1.79. The van der Waals surface area contributed by atoms with Crippen LogP contribution in [0.25, 0.3) is 0 Å². The molecule has 0 aliphatic rings. The number of hydrogen-bond donors (Lipinski definition) is 0. The Morgan fingerprint density at radius 1 is 1.70 bits per heavy atom. The molecule has 0 bridgehead atoms. The van der Waals surface area contributed by atoms with Crippen LogP contribution >= 0.6 is 24.0 Å². The Labute approximate surface area is 77.9 Å². The molecule has 0 atom stereocenters. The van der Waals surface area contributed by atoms with Gasteiger partial charge in [-0.25, -0.2) is 9.13 Å². The minimum atomic E-state index is 0. The van der Waals surface area contributed by atoms with Crippen LogP contribution in [0.4, 0.5) is 0 Å². The van der Waals surface area contributed by atoms with E-state index in [0.29, 0.717) is 6.54 Å². The maximum Gasteiger partial charge on any atom is 0.244 e. The Morgan fingerprint density at radius 3 is 2.80 bits per heavy atom. The number of aryl methyl sites for hydroxylation is 1. The van der Waals surface area contributed by atoms with Gasteiger partial charge < -0.3 is 0 Å². The molecule has 0 spiro atoms. The Hall–Kier alpha value is -0.500. The van der Waals surface area contributed by atoms with Gasteiger partial charge in [-0.2, -0.15) is 0 Å². The van der Waals surface area contributed by atoms with Crippen molar-refractivity contribution in [3.05, 3.63) is 18.7 Å². The SMILES string of the molecule is C#CCn1cc[n+](C)c1.I. The maximum absolute atomic E-state index is 5.09. The van der Waals surface area contributed by atoms with E-state index in [1.165, 1.54) is 0 Å². The highest BCUT2D eigenvalue weighted by atomic mass is 127. The van der Waals surface area contributed by atoms with E-state index in [4.69, 9.17) is 6.42 Å². The summed E-state index contributed by atoms with van der Waals surface area (Å²) in [6.45, 7) is 0.654. The number of nitrogens with zero attached hydrogens (tertiary/aromatic N) is 2. The molecule has 0 unspecified atom stereocenters. The van der Waals surface area contributed by atoms with Crippen molar-refractivity contribution in [3.8, 4) is 12.3 Å². The second-order valence-corrected chi connectivity index (χ2v) is 1.96. The van der Waals surface area contributed by atoms with Crippen molar-refractivity contribution in [2.75, 3.05) is 0 Å². The summed E-state index contributed by atoms with van der Waals surface area (Å²) in [5, 5.41) is 0. The van der Waals surface area contributed by atoms with Gasteiger partial charge in [-0.3, -0.25) is 0 Å². The molecule has 0 fully saturated rings. The average Bonchev–Trinajstić information content (AvgIpc) is 2.17. The van der Waals surface area contributed by atoms with Crippen LogP contribution in [0, 0.1) is 12.3 Å². The molecule has 0 aliphatic heterocycles. The fourth-order valence-electron chi connectivity index (χ4n) is 0.701. The molecule has 54 valence electrons. The zero-order valence-corrected chi connectivity index (χ0v) is 8.15. The van der Waals surface area contributed by atoms with Crippen molar-refractivity contribution in [1.29, 1.82) is 0 Å². The molecule has 1 rings (SSSR count). The number of halogens is 1. The summed E-state index contributed by atoms with van der Waals surface area (Å²) < 4.78 is 3.90. The van der Waals surface area contributed by atoms with Crippen molar-refractivity contribution in [2.45, 2.75) is 6.54 Å². The van der Waals surface area contributed by atoms with Gasteiger partial charge in [0.05, 0.1) is 7.05 Å². The first-order valence-electron chi connectivity index (χ1n) is 2.77. The Morgan fingerprint density at radius 2 is 2.40 bits per heavy atom. The lowest BCUT2D eigenvalue weighted by Crippen LogP contribution is -2.23. The molecule has 1 heterocycles. The lowest BCUT2D eigenvalue weighted by atomic mass is 10.6. The van der Waals surface area contributed by atoms with Crippen LogP contribution in [0.15, 0.2) is 18.7 Å². The topological polar surface area (TPSA) is 8.81 Å². The van der Waals surface area contributed by atoms with Gasteiger partial charge in [0, 0.05) is 0 Å². The third-order valence-electron chi connectivity index (χ3n) is 1.10. The van der Waals surface area contributed by atoms with Crippen molar-refractivity contribution < 1.29 is 4.57 Å².